The molecule has 0 aliphatic rings. The minimum atomic E-state index is -0.494. The van der Waals surface area contributed by atoms with Gasteiger partial charge in [-0.05, 0) is 20.8 Å². The van der Waals surface area contributed by atoms with Crippen molar-refractivity contribution in [1.29, 1.82) is 5.41 Å². The first-order chi connectivity index (χ1) is 5.40. The second-order valence-electron chi connectivity index (χ2n) is 2.35. The maximum absolute atomic E-state index is 9.66. The van der Waals surface area contributed by atoms with E-state index in [2.05, 4.69) is 5.32 Å². The molecule has 0 radical (unpaired) electrons. The second kappa shape index (κ2) is 7.71. The van der Waals surface area contributed by atoms with E-state index in [1.54, 1.807) is 27.8 Å². The summed E-state index contributed by atoms with van der Waals surface area (Å²) in [6.07, 6.45) is 0.917. The van der Waals surface area contributed by atoms with Gasteiger partial charge in [0, 0.05) is 12.8 Å². The Bertz CT molecular complexity index is 183. The fourth-order valence-corrected chi connectivity index (χ4v) is 0.223. The SMILES string of the molecule is CC(C)=N.CN/C(C)=C\[N+](=O)[O-]. The van der Waals surface area contributed by atoms with Crippen LogP contribution in [0.1, 0.15) is 20.8 Å². The molecule has 0 rings (SSSR count). The van der Waals surface area contributed by atoms with E-state index < -0.39 is 4.92 Å². The van der Waals surface area contributed by atoms with Crippen molar-refractivity contribution in [1.82, 2.24) is 5.32 Å². The topological polar surface area (TPSA) is 79.0 Å². The Hall–Kier alpha value is -1.39. The number of nitrogens with zero attached hydrogens (tertiary/aromatic N) is 1. The molecule has 0 bridgehead atoms. The van der Waals surface area contributed by atoms with Gasteiger partial charge < -0.3 is 10.7 Å². The average Bonchev–Trinajstić information content (AvgIpc) is 1.84. The molecule has 0 aromatic rings. The molecule has 0 amide bonds. The number of allylic oxidation sites excluding steroid dienone is 1. The van der Waals surface area contributed by atoms with Gasteiger partial charge in [0.15, 0.2) is 0 Å². The molecule has 0 aliphatic heterocycles. The van der Waals surface area contributed by atoms with E-state index in [-0.39, 0.29) is 0 Å². The Morgan fingerprint density at radius 3 is 1.92 bits per heavy atom. The minimum Gasteiger partial charge on any atom is -0.387 e. The largest absolute Gasteiger partial charge is 0.387 e. The van der Waals surface area contributed by atoms with Crippen LogP contribution in [0.15, 0.2) is 11.9 Å². The normalized spacial score (nSPS) is 9.50. The highest BCUT2D eigenvalue weighted by molar-refractivity contribution is 5.75. The van der Waals surface area contributed by atoms with E-state index in [0.717, 1.165) is 6.20 Å². The zero-order valence-electron chi connectivity index (χ0n) is 7.84. The number of hydrogen-bond donors (Lipinski definition) is 2. The van der Waals surface area contributed by atoms with Gasteiger partial charge in [-0.15, -0.1) is 0 Å². The van der Waals surface area contributed by atoms with Crippen LogP contribution >= 0.6 is 0 Å². The summed E-state index contributed by atoms with van der Waals surface area (Å²) in [7, 11) is 1.63. The minimum absolute atomic E-state index is 0.494. The van der Waals surface area contributed by atoms with Gasteiger partial charge >= 0.3 is 0 Å². The third-order valence-corrected chi connectivity index (χ3v) is 0.693. The van der Waals surface area contributed by atoms with Crippen LogP contribution in [0.3, 0.4) is 0 Å². The Kier molecular flexibility index (Phi) is 8.50. The van der Waals surface area contributed by atoms with Crippen molar-refractivity contribution >= 4 is 5.71 Å². The first-order valence-electron chi connectivity index (χ1n) is 3.41. The monoisotopic (exact) mass is 173 g/mol. The van der Waals surface area contributed by atoms with Crippen LogP contribution in [0.5, 0.6) is 0 Å². The number of rotatable bonds is 2. The zero-order valence-corrected chi connectivity index (χ0v) is 7.84. The van der Waals surface area contributed by atoms with Crippen LogP contribution < -0.4 is 5.32 Å². The molecule has 0 spiro atoms. The predicted octanol–water partition coefficient (Wildman–Crippen LogP) is 1.39. The molecule has 0 unspecified atom stereocenters. The lowest BCUT2D eigenvalue weighted by Gasteiger charge is -1.89. The average molecular weight is 173 g/mol. The van der Waals surface area contributed by atoms with Gasteiger partial charge in [-0.2, -0.15) is 0 Å². The van der Waals surface area contributed by atoms with Gasteiger partial charge in [0.05, 0.1) is 10.6 Å². The quantitative estimate of drug-likeness (QED) is 0.376. The van der Waals surface area contributed by atoms with Crippen molar-refractivity contribution in [2.75, 3.05) is 7.05 Å². The highest BCUT2D eigenvalue weighted by atomic mass is 16.6. The predicted molar refractivity (Wildman–Crippen MR) is 48.9 cm³/mol. The second-order valence-corrected chi connectivity index (χ2v) is 2.35. The highest BCUT2D eigenvalue weighted by Crippen LogP contribution is 1.81. The molecule has 12 heavy (non-hydrogen) atoms. The maximum atomic E-state index is 9.66. The lowest BCUT2D eigenvalue weighted by atomic mass is 10.5. The molecule has 0 aromatic heterocycles. The van der Waals surface area contributed by atoms with E-state index in [1.807, 2.05) is 0 Å². The molecule has 0 fully saturated rings. The van der Waals surface area contributed by atoms with Gasteiger partial charge in [-0.1, -0.05) is 0 Å². The molecule has 70 valence electrons. The van der Waals surface area contributed by atoms with Crippen molar-refractivity contribution in [2.24, 2.45) is 0 Å². The standard InChI is InChI=1S/C4H8N2O2.C3H7N/c1-4(5-2)3-6(7)8;1-3(2)4/h3,5H,1-2H3;4H,1-2H3/b4-3-;. The smallest absolute Gasteiger partial charge is 0.252 e. The Labute approximate surface area is 72.1 Å². The number of hydrogen-bond acceptors (Lipinski definition) is 4. The van der Waals surface area contributed by atoms with E-state index in [4.69, 9.17) is 5.41 Å². The number of nitro groups is 1. The van der Waals surface area contributed by atoms with Crippen LogP contribution in [0.25, 0.3) is 0 Å². The summed E-state index contributed by atoms with van der Waals surface area (Å²) >= 11 is 0. The molecule has 2 N–H and O–H groups in total. The van der Waals surface area contributed by atoms with Gasteiger partial charge in [-0.25, -0.2) is 0 Å². The molecule has 5 nitrogen and oxygen atoms in total. The van der Waals surface area contributed by atoms with Crippen molar-refractivity contribution in [3.05, 3.63) is 22.0 Å². The molecular weight excluding hydrogens is 158 g/mol. The summed E-state index contributed by atoms with van der Waals surface area (Å²) in [6.45, 7) is 5.13. The van der Waals surface area contributed by atoms with Gasteiger partial charge in [0.1, 0.15) is 0 Å². The summed E-state index contributed by atoms with van der Waals surface area (Å²) in [6, 6.07) is 0. The summed E-state index contributed by atoms with van der Waals surface area (Å²) < 4.78 is 0. The van der Waals surface area contributed by atoms with Crippen LogP contribution in [0.2, 0.25) is 0 Å². The van der Waals surface area contributed by atoms with Crippen LogP contribution in [0, 0.1) is 15.5 Å². The summed E-state index contributed by atoms with van der Waals surface area (Å²) in [5.41, 5.74) is 1.22. The third-order valence-electron chi connectivity index (χ3n) is 0.693. The van der Waals surface area contributed by atoms with Gasteiger partial charge in [0.25, 0.3) is 6.20 Å². The van der Waals surface area contributed by atoms with E-state index in [0.29, 0.717) is 11.4 Å². The van der Waals surface area contributed by atoms with E-state index >= 15 is 0 Å². The lowest BCUT2D eigenvalue weighted by molar-refractivity contribution is -0.403. The molecule has 5 heteroatoms. The van der Waals surface area contributed by atoms with Crippen molar-refractivity contribution < 1.29 is 4.92 Å². The van der Waals surface area contributed by atoms with E-state index in [9.17, 15) is 10.1 Å². The van der Waals surface area contributed by atoms with E-state index in [1.165, 1.54) is 0 Å². The van der Waals surface area contributed by atoms with Crippen molar-refractivity contribution in [3.8, 4) is 0 Å². The molecular formula is C7H15N3O2. The lowest BCUT2D eigenvalue weighted by Crippen LogP contribution is -2.03. The summed E-state index contributed by atoms with van der Waals surface area (Å²) in [5.74, 6) is 0. The zero-order chi connectivity index (χ0) is 10.1. The molecule has 0 saturated carbocycles. The first-order valence-corrected chi connectivity index (χ1v) is 3.41. The fourth-order valence-electron chi connectivity index (χ4n) is 0.223. The molecule has 0 atom stereocenters. The maximum Gasteiger partial charge on any atom is 0.252 e. The molecule has 0 aromatic carbocycles. The Morgan fingerprint density at radius 2 is 1.83 bits per heavy atom. The van der Waals surface area contributed by atoms with Crippen molar-refractivity contribution in [2.45, 2.75) is 20.8 Å². The van der Waals surface area contributed by atoms with Crippen LogP contribution in [0.4, 0.5) is 0 Å². The fraction of sp³-hybridized carbons (Fsp3) is 0.571. The van der Waals surface area contributed by atoms with Crippen LogP contribution in [-0.2, 0) is 0 Å². The summed E-state index contributed by atoms with van der Waals surface area (Å²) in [4.78, 5) is 9.16. The molecule has 0 saturated heterocycles. The highest BCUT2D eigenvalue weighted by Gasteiger charge is 1.88. The van der Waals surface area contributed by atoms with Crippen LogP contribution in [-0.4, -0.2) is 17.7 Å². The third kappa shape index (κ3) is 23.5. The first kappa shape index (κ1) is 13.2. The number of nitrogens with one attached hydrogen (secondary N) is 2. The van der Waals surface area contributed by atoms with Gasteiger partial charge in [0.2, 0.25) is 0 Å². The Morgan fingerprint density at radius 1 is 1.50 bits per heavy atom. The molecule has 0 heterocycles. The molecule has 0 aliphatic carbocycles. The van der Waals surface area contributed by atoms with Gasteiger partial charge in [-0.3, -0.25) is 10.1 Å². The Balaban J connectivity index is 0. The van der Waals surface area contributed by atoms with Crippen molar-refractivity contribution in [3.63, 3.8) is 0 Å². The summed E-state index contributed by atoms with van der Waals surface area (Å²) in [5, 5.41) is 18.8.